The van der Waals surface area contributed by atoms with Gasteiger partial charge in [-0.15, -0.1) is 0 Å². The molecule has 8 heteroatoms. The number of carbonyl (C=O) groups is 2. The van der Waals surface area contributed by atoms with Crippen LogP contribution in [0, 0.1) is 0 Å². The van der Waals surface area contributed by atoms with Gasteiger partial charge in [-0.25, -0.2) is 4.79 Å². The molecule has 2 aromatic carbocycles. The quantitative estimate of drug-likeness (QED) is 0.562. The molecule has 0 fully saturated rings. The molecular weight excluding hydrogens is 366 g/mol. The zero-order valence-corrected chi connectivity index (χ0v) is 15.9. The molecule has 0 aliphatic carbocycles. The molecule has 1 amide bonds. The summed E-state index contributed by atoms with van der Waals surface area (Å²) in [6.07, 6.45) is 0. The Balaban J connectivity index is 2.39. The summed E-state index contributed by atoms with van der Waals surface area (Å²) in [5.74, 6) is -1.02. The number of aromatic hydroxyl groups is 1. The Kier molecular flexibility index (Phi) is 7.08. The van der Waals surface area contributed by atoms with Crippen molar-refractivity contribution >= 4 is 17.6 Å². The molecule has 2 aromatic rings. The van der Waals surface area contributed by atoms with Gasteiger partial charge in [-0.05, 0) is 51.1 Å². The third kappa shape index (κ3) is 4.85. The van der Waals surface area contributed by atoms with Crippen LogP contribution in [0.25, 0.3) is 0 Å². The lowest BCUT2D eigenvalue weighted by molar-refractivity contribution is 0.0693. The molecule has 150 valence electrons. The summed E-state index contributed by atoms with van der Waals surface area (Å²) in [6.45, 7) is 6.60. The van der Waals surface area contributed by atoms with Crippen molar-refractivity contribution in [3.8, 4) is 23.0 Å². The molecule has 0 saturated heterocycles. The summed E-state index contributed by atoms with van der Waals surface area (Å²) in [5.41, 5.74) is 0.166. The predicted molar refractivity (Wildman–Crippen MR) is 103 cm³/mol. The number of amides is 1. The van der Waals surface area contributed by atoms with Crippen molar-refractivity contribution in [1.82, 2.24) is 0 Å². The Labute approximate surface area is 162 Å². The lowest BCUT2D eigenvalue weighted by atomic mass is 10.1. The summed E-state index contributed by atoms with van der Waals surface area (Å²) < 4.78 is 16.8. The minimum Gasteiger partial charge on any atom is -0.507 e. The molecule has 0 unspecified atom stereocenters. The molecule has 0 saturated carbocycles. The van der Waals surface area contributed by atoms with E-state index in [0.717, 1.165) is 0 Å². The number of nitrogens with one attached hydrogen (secondary N) is 1. The van der Waals surface area contributed by atoms with Crippen LogP contribution >= 0.6 is 0 Å². The van der Waals surface area contributed by atoms with Gasteiger partial charge in [-0.3, -0.25) is 4.79 Å². The smallest absolute Gasteiger partial charge is 0.339 e. The summed E-state index contributed by atoms with van der Waals surface area (Å²) >= 11 is 0. The Morgan fingerprint density at radius 2 is 1.50 bits per heavy atom. The number of hydrogen-bond acceptors (Lipinski definition) is 6. The largest absolute Gasteiger partial charge is 0.507 e. The summed E-state index contributed by atoms with van der Waals surface area (Å²) in [4.78, 5) is 23.8. The van der Waals surface area contributed by atoms with E-state index in [2.05, 4.69) is 5.32 Å². The molecule has 0 spiro atoms. The third-order valence-corrected chi connectivity index (χ3v) is 3.66. The second-order valence-corrected chi connectivity index (χ2v) is 5.59. The molecule has 3 N–H and O–H groups in total. The van der Waals surface area contributed by atoms with Crippen LogP contribution in [-0.4, -0.2) is 41.9 Å². The first kappa shape index (κ1) is 20.9. The number of benzene rings is 2. The van der Waals surface area contributed by atoms with Crippen molar-refractivity contribution in [1.29, 1.82) is 0 Å². The minimum absolute atomic E-state index is 0.227. The Hall–Kier alpha value is -3.42. The van der Waals surface area contributed by atoms with Crippen LogP contribution in [-0.2, 0) is 0 Å². The van der Waals surface area contributed by atoms with Crippen LogP contribution in [0.2, 0.25) is 0 Å². The fourth-order valence-corrected chi connectivity index (χ4v) is 2.51. The van der Waals surface area contributed by atoms with Gasteiger partial charge < -0.3 is 29.7 Å². The molecule has 8 nitrogen and oxygen atoms in total. The maximum Gasteiger partial charge on any atom is 0.339 e. The van der Waals surface area contributed by atoms with Crippen LogP contribution in [0.4, 0.5) is 5.69 Å². The number of carbonyl (C=O) groups excluding carboxylic acids is 1. The van der Waals surface area contributed by atoms with E-state index < -0.39 is 11.9 Å². The monoisotopic (exact) mass is 389 g/mol. The van der Waals surface area contributed by atoms with Crippen molar-refractivity contribution in [3.63, 3.8) is 0 Å². The molecule has 0 aliphatic rings. The SMILES string of the molecule is CCOc1cc(C(=O)Nc2ccc(O)c(C(=O)O)c2)cc(OCC)c1OCC. The highest BCUT2D eigenvalue weighted by atomic mass is 16.5. The van der Waals surface area contributed by atoms with E-state index in [0.29, 0.717) is 37.1 Å². The maximum absolute atomic E-state index is 12.7. The molecule has 0 aliphatic heterocycles. The van der Waals surface area contributed by atoms with E-state index in [-0.39, 0.29) is 22.6 Å². The third-order valence-electron chi connectivity index (χ3n) is 3.66. The van der Waals surface area contributed by atoms with Crippen molar-refractivity contribution in [2.45, 2.75) is 20.8 Å². The molecule has 28 heavy (non-hydrogen) atoms. The summed E-state index contributed by atoms with van der Waals surface area (Å²) in [7, 11) is 0. The number of phenols is 1. The van der Waals surface area contributed by atoms with Gasteiger partial charge >= 0.3 is 5.97 Å². The summed E-state index contributed by atoms with van der Waals surface area (Å²) in [5, 5.41) is 21.3. The van der Waals surface area contributed by atoms with E-state index >= 15 is 0 Å². The predicted octanol–water partition coefficient (Wildman–Crippen LogP) is 3.54. The second kappa shape index (κ2) is 9.50. The lowest BCUT2D eigenvalue weighted by Gasteiger charge is -2.17. The van der Waals surface area contributed by atoms with Crippen molar-refractivity contribution in [2.24, 2.45) is 0 Å². The van der Waals surface area contributed by atoms with Crippen LogP contribution in [0.3, 0.4) is 0 Å². The van der Waals surface area contributed by atoms with Crippen molar-refractivity contribution in [2.75, 3.05) is 25.1 Å². The second-order valence-electron chi connectivity index (χ2n) is 5.59. The van der Waals surface area contributed by atoms with Crippen LogP contribution in [0.5, 0.6) is 23.0 Å². The van der Waals surface area contributed by atoms with Gasteiger partial charge in [-0.1, -0.05) is 0 Å². The average molecular weight is 389 g/mol. The van der Waals surface area contributed by atoms with Gasteiger partial charge in [0.2, 0.25) is 5.75 Å². The number of carboxylic acids is 1. The highest BCUT2D eigenvalue weighted by Crippen LogP contribution is 2.39. The van der Waals surface area contributed by atoms with Crippen LogP contribution in [0.15, 0.2) is 30.3 Å². The highest BCUT2D eigenvalue weighted by Gasteiger charge is 2.19. The Morgan fingerprint density at radius 3 is 2.00 bits per heavy atom. The van der Waals surface area contributed by atoms with E-state index in [1.54, 1.807) is 0 Å². The minimum atomic E-state index is -1.30. The Morgan fingerprint density at radius 1 is 0.929 bits per heavy atom. The number of carboxylic acid groups (broad SMARTS) is 1. The summed E-state index contributed by atoms with van der Waals surface area (Å²) in [6, 6.07) is 6.85. The van der Waals surface area contributed by atoms with Gasteiger partial charge in [0, 0.05) is 11.3 Å². The van der Waals surface area contributed by atoms with Gasteiger partial charge in [0.1, 0.15) is 11.3 Å². The maximum atomic E-state index is 12.7. The Bertz CT molecular complexity index is 837. The normalized spacial score (nSPS) is 10.2. The van der Waals surface area contributed by atoms with E-state index in [1.165, 1.54) is 30.3 Å². The number of aromatic carboxylic acids is 1. The fourth-order valence-electron chi connectivity index (χ4n) is 2.51. The first-order chi connectivity index (χ1) is 13.4. The zero-order valence-electron chi connectivity index (χ0n) is 15.9. The van der Waals surface area contributed by atoms with Gasteiger partial charge in [-0.2, -0.15) is 0 Å². The molecule has 0 aromatic heterocycles. The highest BCUT2D eigenvalue weighted by molar-refractivity contribution is 6.05. The van der Waals surface area contributed by atoms with Crippen LogP contribution < -0.4 is 19.5 Å². The van der Waals surface area contributed by atoms with Crippen molar-refractivity contribution < 1.29 is 34.0 Å². The number of rotatable bonds is 9. The van der Waals surface area contributed by atoms with Crippen molar-refractivity contribution in [3.05, 3.63) is 41.5 Å². The van der Waals surface area contributed by atoms with Gasteiger partial charge in [0.15, 0.2) is 11.5 Å². The standard InChI is InChI=1S/C20H23NO7/c1-4-26-16-9-12(10-17(27-5-2)18(16)28-6-3)19(23)21-13-7-8-15(22)14(11-13)20(24)25/h7-11,22H,4-6H2,1-3H3,(H,21,23)(H,24,25). The number of anilines is 1. The van der Waals surface area contributed by atoms with E-state index in [4.69, 9.17) is 19.3 Å². The number of ether oxygens (including phenoxy) is 3. The zero-order chi connectivity index (χ0) is 20.7. The van der Waals surface area contributed by atoms with E-state index in [1.807, 2.05) is 20.8 Å². The molecular formula is C20H23NO7. The molecule has 0 atom stereocenters. The van der Waals surface area contributed by atoms with Crippen LogP contribution in [0.1, 0.15) is 41.5 Å². The molecule has 0 heterocycles. The fraction of sp³-hybridized carbons (Fsp3) is 0.300. The number of hydrogen-bond donors (Lipinski definition) is 3. The molecule has 0 radical (unpaired) electrons. The topological polar surface area (TPSA) is 114 Å². The lowest BCUT2D eigenvalue weighted by Crippen LogP contribution is -2.14. The van der Waals surface area contributed by atoms with Gasteiger partial charge in [0.25, 0.3) is 5.91 Å². The first-order valence-corrected chi connectivity index (χ1v) is 8.85. The average Bonchev–Trinajstić information content (AvgIpc) is 2.65. The van der Waals surface area contributed by atoms with Gasteiger partial charge in [0.05, 0.1) is 19.8 Å². The molecule has 0 bridgehead atoms. The van der Waals surface area contributed by atoms with E-state index in [9.17, 15) is 14.7 Å². The molecule has 2 rings (SSSR count). The first-order valence-electron chi connectivity index (χ1n) is 8.85.